The molecule has 0 bridgehead atoms. The first kappa shape index (κ1) is 17.9. The van der Waals surface area contributed by atoms with Crippen LogP contribution in [0.2, 0.25) is 0 Å². The van der Waals surface area contributed by atoms with Crippen molar-refractivity contribution in [2.45, 2.75) is 31.0 Å². The van der Waals surface area contributed by atoms with Gasteiger partial charge in [-0.25, -0.2) is 0 Å². The Balaban J connectivity index is 1.81. The molecule has 0 radical (unpaired) electrons. The predicted molar refractivity (Wildman–Crippen MR) is 107 cm³/mol. The highest BCUT2D eigenvalue weighted by atomic mass is 16.7. The normalized spacial score (nSPS) is 23.0. The van der Waals surface area contributed by atoms with Gasteiger partial charge in [0.05, 0.1) is 18.2 Å². The molecule has 0 unspecified atom stereocenters. The molecule has 1 fully saturated rings. The van der Waals surface area contributed by atoms with Crippen LogP contribution in [0.5, 0.6) is 0 Å². The van der Waals surface area contributed by atoms with Crippen molar-refractivity contribution in [2.75, 3.05) is 6.61 Å². The Labute approximate surface area is 160 Å². The van der Waals surface area contributed by atoms with Crippen molar-refractivity contribution in [1.82, 2.24) is 5.06 Å². The van der Waals surface area contributed by atoms with Crippen molar-refractivity contribution < 1.29 is 9.94 Å². The largest absolute Gasteiger partial charge is 0.393 e. The Morgan fingerprint density at radius 2 is 1.37 bits per heavy atom. The van der Waals surface area contributed by atoms with Crippen LogP contribution in [0.25, 0.3) is 0 Å². The van der Waals surface area contributed by atoms with Crippen molar-refractivity contribution in [3.8, 4) is 0 Å². The highest BCUT2D eigenvalue weighted by molar-refractivity contribution is 5.35. The summed E-state index contributed by atoms with van der Waals surface area (Å²) in [4.78, 5) is 6.43. The molecule has 3 nitrogen and oxygen atoms in total. The molecule has 0 aliphatic carbocycles. The maximum Gasteiger partial charge on any atom is 0.160 e. The SMILES string of the molecule is CC(C)(c1ccccc1)N1O[C@](CO)(c2ccccc2)[C@@H]1c1ccccc1. The Morgan fingerprint density at radius 1 is 0.852 bits per heavy atom. The van der Waals surface area contributed by atoms with E-state index in [9.17, 15) is 5.11 Å². The third-order valence-corrected chi connectivity index (χ3v) is 5.58. The zero-order valence-corrected chi connectivity index (χ0v) is 15.7. The zero-order valence-electron chi connectivity index (χ0n) is 15.7. The van der Waals surface area contributed by atoms with E-state index >= 15 is 0 Å². The van der Waals surface area contributed by atoms with Crippen LogP contribution in [0, 0.1) is 0 Å². The lowest BCUT2D eigenvalue weighted by atomic mass is 9.77. The Kier molecular flexibility index (Phi) is 4.60. The van der Waals surface area contributed by atoms with E-state index < -0.39 is 5.60 Å². The Bertz CT molecular complexity index is 880. The molecule has 3 aromatic rings. The van der Waals surface area contributed by atoms with E-state index in [1.165, 1.54) is 5.56 Å². The average Bonchev–Trinajstić information content (AvgIpc) is 2.70. The molecule has 1 saturated heterocycles. The molecule has 1 aliphatic heterocycles. The smallest absolute Gasteiger partial charge is 0.160 e. The van der Waals surface area contributed by atoms with Crippen LogP contribution in [0.3, 0.4) is 0 Å². The molecule has 0 aromatic heterocycles. The van der Waals surface area contributed by atoms with Gasteiger partial charge < -0.3 is 5.11 Å². The van der Waals surface area contributed by atoms with E-state index in [-0.39, 0.29) is 18.2 Å². The molecule has 3 aromatic carbocycles. The van der Waals surface area contributed by atoms with Gasteiger partial charge >= 0.3 is 0 Å². The van der Waals surface area contributed by atoms with E-state index in [0.717, 1.165) is 11.1 Å². The van der Waals surface area contributed by atoms with Crippen LogP contribution in [0.15, 0.2) is 91.0 Å². The minimum Gasteiger partial charge on any atom is -0.393 e. The van der Waals surface area contributed by atoms with Crippen molar-refractivity contribution >= 4 is 0 Å². The lowest BCUT2D eigenvalue weighted by molar-refractivity contribution is -0.446. The minimum absolute atomic E-state index is 0.0854. The van der Waals surface area contributed by atoms with Gasteiger partial charge in [0.15, 0.2) is 5.60 Å². The van der Waals surface area contributed by atoms with Crippen molar-refractivity contribution in [3.63, 3.8) is 0 Å². The van der Waals surface area contributed by atoms with Crippen LogP contribution in [0.4, 0.5) is 0 Å². The molecular formula is C24H25NO2. The van der Waals surface area contributed by atoms with E-state index in [4.69, 9.17) is 4.84 Å². The van der Waals surface area contributed by atoms with Gasteiger partial charge in [-0.3, -0.25) is 4.84 Å². The predicted octanol–water partition coefficient (Wildman–Crippen LogP) is 4.80. The zero-order chi connectivity index (χ0) is 18.9. The molecule has 0 spiro atoms. The number of nitrogens with zero attached hydrogens (tertiary/aromatic N) is 1. The average molecular weight is 359 g/mol. The summed E-state index contributed by atoms with van der Waals surface area (Å²) < 4.78 is 0. The molecule has 138 valence electrons. The number of aliphatic hydroxyl groups excluding tert-OH is 1. The molecule has 1 aliphatic rings. The molecule has 0 amide bonds. The summed E-state index contributed by atoms with van der Waals surface area (Å²) in [6.07, 6.45) is 0. The van der Waals surface area contributed by atoms with Crippen molar-refractivity contribution in [1.29, 1.82) is 0 Å². The maximum atomic E-state index is 10.4. The fourth-order valence-corrected chi connectivity index (χ4v) is 4.01. The molecular weight excluding hydrogens is 334 g/mol. The molecule has 1 N–H and O–H groups in total. The second kappa shape index (κ2) is 6.93. The van der Waals surface area contributed by atoms with E-state index in [0.29, 0.717) is 0 Å². The molecule has 3 heteroatoms. The second-order valence-corrected chi connectivity index (χ2v) is 7.57. The summed E-state index contributed by atoms with van der Waals surface area (Å²) in [5.74, 6) is 0. The molecule has 0 saturated carbocycles. The lowest BCUT2D eigenvalue weighted by Gasteiger charge is -2.61. The third kappa shape index (κ3) is 2.88. The van der Waals surface area contributed by atoms with Gasteiger partial charge in [-0.2, -0.15) is 5.06 Å². The number of rotatable bonds is 5. The summed E-state index contributed by atoms with van der Waals surface area (Å²) in [6.45, 7) is 4.23. The highest BCUT2D eigenvalue weighted by Crippen LogP contribution is 2.56. The quantitative estimate of drug-likeness (QED) is 0.710. The summed E-state index contributed by atoms with van der Waals surface area (Å²) in [5.41, 5.74) is 2.15. The van der Waals surface area contributed by atoms with Gasteiger partial charge in [0.25, 0.3) is 0 Å². The topological polar surface area (TPSA) is 32.7 Å². The third-order valence-electron chi connectivity index (χ3n) is 5.58. The number of hydrogen-bond acceptors (Lipinski definition) is 3. The molecule has 4 rings (SSSR count). The van der Waals surface area contributed by atoms with Gasteiger partial charge in [-0.15, -0.1) is 0 Å². The van der Waals surface area contributed by atoms with Crippen LogP contribution >= 0.6 is 0 Å². The first-order valence-electron chi connectivity index (χ1n) is 9.35. The van der Waals surface area contributed by atoms with E-state index in [1.54, 1.807) is 0 Å². The van der Waals surface area contributed by atoms with Crippen molar-refractivity contribution in [2.24, 2.45) is 0 Å². The van der Waals surface area contributed by atoms with Crippen LogP contribution in [0.1, 0.15) is 36.6 Å². The molecule has 27 heavy (non-hydrogen) atoms. The lowest BCUT2D eigenvalue weighted by Crippen LogP contribution is -2.66. The number of aliphatic hydroxyl groups is 1. The number of benzene rings is 3. The van der Waals surface area contributed by atoms with Gasteiger partial charge in [0.1, 0.15) is 0 Å². The molecule has 1 heterocycles. The minimum atomic E-state index is -0.783. The number of hydroxylamine groups is 2. The van der Waals surface area contributed by atoms with Gasteiger partial charge in [-0.05, 0) is 30.5 Å². The highest BCUT2D eigenvalue weighted by Gasteiger charge is 2.60. The van der Waals surface area contributed by atoms with Crippen LogP contribution in [-0.2, 0) is 16.0 Å². The van der Waals surface area contributed by atoms with Crippen LogP contribution in [-0.4, -0.2) is 16.8 Å². The van der Waals surface area contributed by atoms with Gasteiger partial charge in [0.2, 0.25) is 0 Å². The maximum absolute atomic E-state index is 10.4. The van der Waals surface area contributed by atoms with Crippen LogP contribution < -0.4 is 0 Å². The monoisotopic (exact) mass is 359 g/mol. The summed E-state index contributed by atoms with van der Waals surface area (Å²) in [6, 6.07) is 30.6. The standard InChI is InChI=1S/C24H25NO2/c1-23(2,20-14-8-4-9-15-20)25-22(19-12-6-3-7-13-19)24(18-26,27-25)21-16-10-5-11-17-21/h3-17,22,26H,18H2,1-2H3/t22-,24+/m0/s1. The fraction of sp³-hybridized carbons (Fsp3) is 0.250. The van der Waals surface area contributed by atoms with E-state index in [2.05, 4.69) is 38.1 Å². The summed E-state index contributed by atoms with van der Waals surface area (Å²) >= 11 is 0. The first-order chi connectivity index (χ1) is 13.1. The second-order valence-electron chi connectivity index (χ2n) is 7.57. The summed E-state index contributed by atoms with van der Waals surface area (Å²) in [5, 5.41) is 12.5. The number of hydrogen-bond donors (Lipinski definition) is 1. The van der Waals surface area contributed by atoms with Gasteiger partial charge in [0, 0.05) is 0 Å². The van der Waals surface area contributed by atoms with Crippen molar-refractivity contribution in [3.05, 3.63) is 108 Å². The fourth-order valence-electron chi connectivity index (χ4n) is 4.01. The Hall–Kier alpha value is -2.46. The Morgan fingerprint density at radius 3 is 1.93 bits per heavy atom. The van der Waals surface area contributed by atoms with Gasteiger partial charge in [-0.1, -0.05) is 91.0 Å². The molecule has 2 atom stereocenters. The summed E-state index contributed by atoms with van der Waals surface area (Å²) in [7, 11) is 0. The first-order valence-corrected chi connectivity index (χ1v) is 9.35. The van der Waals surface area contributed by atoms with E-state index in [1.807, 2.05) is 71.8 Å².